The summed E-state index contributed by atoms with van der Waals surface area (Å²) >= 11 is 0. The van der Waals surface area contributed by atoms with E-state index in [4.69, 9.17) is 5.73 Å². The Morgan fingerprint density at radius 2 is 2.11 bits per heavy atom. The third-order valence-electron chi connectivity index (χ3n) is 5.22. The fourth-order valence-electron chi connectivity index (χ4n) is 4.02. The van der Waals surface area contributed by atoms with Crippen LogP contribution < -0.4 is 5.73 Å². The topological polar surface area (TPSA) is 29.3 Å². The molecule has 1 saturated carbocycles. The lowest BCUT2D eigenvalue weighted by Crippen LogP contribution is -2.33. The first-order chi connectivity index (χ1) is 8.70. The Bertz CT molecular complexity index is 441. The van der Waals surface area contributed by atoms with Crippen LogP contribution in [0.25, 0.3) is 0 Å². The van der Waals surface area contributed by atoms with Crippen LogP contribution in [0.3, 0.4) is 0 Å². The van der Waals surface area contributed by atoms with Crippen molar-refractivity contribution < 1.29 is 0 Å². The van der Waals surface area contributed by atoms with Gasteiger partial charge in [0.1, 0.15) is 0 Å². The van der Waals surface area contributed by atoms with Gasteiger partial charge in [0, 0.05) is 24.8 Å². The van der Waals surface area contributed by atoms with Gasteiger partial charge in [0.25, 0.3) is 0 Å². The first kappa shape index (κ1) is 12.0. The molecule has 3 atom stereocenters. The summed E-state index contributed by atoms with van der Waals surface area (Å²) in [5, 5.41) is 0. The lowest BCUT2D eigenvalue weighted by Gasteiger charge is -2.29. The van der Waals surface area contributed by atoms with Crippen LogP contribution >= 0.6 is 0 Å². The zero-order valence-electron chi connectivity index (χ0n) is 11.5. The molecule has 2 heteroatoms. The maximum Gasteiger partial charge on any atom is 0.0363 e. The van der Waals surface area contributed by atoms with Crippen molar-refractivity contribution in [3.63, 3.8) is 0 Å². The minimum atomic E-state index is 0.766. The van der Waals surface area contributed by atoms with E-state index >= 15 is 0 Å². The molecule has 1 aliphatic carbocycles. The number of hydrogen-bond acceptors (Lipinski definition) is 2. The summed E-state index contributed by atoms with van der Waals surface area (Å²) in [5.74, 6) is 1.77. The van der Waals surface area contributed by atoms with Gasteiger partial charge in [0.2, 0.25) is 0 Å². The minimum Gasteiger partial charge on any atom is -0.398 e. The van der Waals surface area contributed by atoms with Crippen LogP contribution in [0.5, 0.6) is 0 Å². The van der Waals surface area contributed by atoms with E-state index in [-0.39, 0.29) is 0 Å². The summed E-state index contributed by atoms with van der Waals surface area (Å²) in [7, 11) is 0. The predicted molar refractivity (Wildman–Crippen MR) is 76.1 cm³/mol. The van der Waals surface area contributed by atoms with E-state index in [1.807, 2.05) is 6.07 Å². The Kier molecular flexibility index (Phi) is 3.06. The van der Waals surface area contributed by atoms with E-state index in [1.165, 1.54) is 30.4 Å². The molecule has 2 nitrogen and oxygen atoms in total. The highest BCUT2D eigenvalue weighted by Gasteiger charge is 2.37. The number of fused-ring (bicyclic) bond motifs is 1. The molecule has 1 aromatic carbocycles. The van der Waals surface area contributed by atoms with Gasteiger partial charge in [-0.3, -0.25) is 4.90 Å². The van der Waals surface area contributed by atoms with E-state index in [0.717, 1.165) is 36.7 Å². The molecule has 18 heavy (non-hydrogen) atoms. The van der Waals surface area contributed by atoms with Crippen LogP contribution in [0.15, 0.2) is 18.2 Å². The zero-order chi connectivity index (χ0) is 12.7. The largest absolute Gasteiger partial charge is 0.398 e. The Balaban J connectivity index is 1.77. The molecule has 1 aliphatic heterocycles. The van der Waals surface area contributed by atoms with Crippen molar-refractivity contribution in [2.75, 3.05) is 5.73 Å². The van der Waals surface area contributed by atoms with Crippen LogP contribution in [0.1, 0.15) is 44.2 Å². The monoisotopic (exact) mass is 244 g/mol. The molecule has 0 radical (unpaired) electrons. The fraction of sp³-hybridized carbons (Fsp3) is 0.625. The molecule has 98 valence electrons. The first-order valence-corrected chi connectivity index (χ1v) is 7.31. The lowest BCUT2D eigenvalue weighted by molar-refractivity contribution is 0.154. The molecule has 2 aliphatic rings. The van der Waals surface area contributed by atoms with Gasteiger partial charge in [-0.1, -0.05) is 32.4 Å². The standard InChI is InChI=1S/C16H24N2/c1-3-12-7-8-16(11(12)2)18-9-13-5-4-6-15(17)14(13)10-18/h4-6,11-12,16H,3,7-10,17H2,1-2H3. The van der Waals surface area contributed by atoms with Gasteiger partial charge in [0.15, 0.2) is 0 Å². The molecule has 0 bridgehead atoms. The predicted octanol–water partition coefficient (Wildman–Crippen LogP) is 3.41. The van der Waals surface area contributed by atoms with E-state index in [1.54, 1.807) is 0 Å². The smallest absolute Gasteiger partial charge is 0.0363 e. The van der Waals surface area contributed by atoms with Crippen molar-refractivity contribution in [3.05, 3.63) is 29.3 Å². The third kappa shape index (κ3) is 1.83. The second-order valence-corrected chi connectivity index (χ2v) is 6.06. The number of hydrogen-bond donors (Lipinski definition) is 1. The minimum absolute atomic E-state index is 0.766. The molecule has 0 amide bonds. The Hall–Kier alpha value is -1.02. The second-order valence-electron chi connectivity index (χ2n) is 6.06. The highest BCUT2D eigenvalue weighted by molar-refractivity contribution is 5.52. The SMILES string of the molecule is CCC1CCC(N2Cc3cccc(N)c3C2)C1C. The number of benzene rings is 1. The van der Waals surface area contributed by atoms with Gasteiger partial charge in [-0.2, -0.15) is 0 Å². The Morgan fingerprint density at radius 1 is 1.28 bits per heavy atom. The van der Waals surface area contributed by atoms with E-state index < -0.39 is 0 Å². The van der Waals surface area contributed by atoms with Gasteiger partial charge in [-0.15, -0.1) is 0 Å². The van der Waals surface area contributed by atoms with Crippen LogP contribution in [0.4, 0.5) is 5.69 Å². The van der Waals surface area contributed by atoms with Crippen molar-refractivity contribution in [3.8, 4) is 0 Å². The highest BCUT2D eigenvalue weighted by Crippen LogP contribution is 2.40. The molecule has 0 spiro atoms. The molecule has 1 aromatic rings. The summed E-state index contributed by atoms with van der Waals surface area (Å²) in [6, 6.07) is 7.13. The number of nitrogen functional groups attached to an aromatic ring is 1. The molecule has 2 N–H and O–H groups in total. The molecule has 0 aromatic heterocycles. The van der Waals surface area contributed by atoms with E-state index in [0.29, 0.717) is 0 Å². The van der Waals surface area contributed by atoms with Crippen molar-refractivity contribution in [2.24, 2.45) is 11.8 Å². The van der Waals surface area contributed by atoms with Crippen molar-refractivity contribution >= 4 is 5.69 Å². The summed E-state index contributed by atoms with van der Waals surface area (Å²) in [5.41, 5.74) is 9.90. The van der Waals surface area contributed by atoms with Crippen molar-refractivity contribution in [2.45, 2.75) is 52.2 Å². The maximum absolute atomic E-state index is 6.09. The zero-order valence-corrected chi connectivity index (χ0v) is 11.5. The summed E-state index contributed by atoms with van der Waals surface area (Å²) < 4.78 is 0. The van der Waals surface area contributed by atoms with Crippen LogP contribution in [0.2, 0.25) is 0 Å². The van der Waals surface area contributed by atoms with Crippen LogP contribution in [-0.4, -0.2) is 10.9 Å². The van der Waals surface area contributed by atoms with Gasteiger partial charge in [-0.25, -0.2) is 0 Å². The van der Waals surface area contributed by atoms with Crippen molar-refractivity contribution in [1.29, 1.82) is 0 Å². The molecule has 1 heterocycles. The Morgan fingerprint density at radius 3 is 2.78 bits per heavy atom. The quantitative estimate of drug-likeness (QED) is 0.808. The normalized spacial score (nSPS) is 31.8. The molecule has 3 unspecified atom stereocenters. The Labute approximate surface area is 110 Å². The number of rotatable bonds is 2. The summed E-state index contributed by atoms with van der Waals surface area (Å²) in [4.78, 5) is 2.65. The molecule has 3 rings (SSSR count). The number of nitrogens with zero attached hydrogens (tertiary/aromatic N) is 1. The molecular formula is C16H24N2. The second kappa shape index (κ2) is 4.58. The van der Waals surface area contributed by atoms with Crippen LogP contribution in [0, 0.1) is 11.8 Å². The number of anilines is 1. The van der Waals surface area contributed by atoms with Gasteiger partial charge < -0.3 is 5.73 Å². The summed E-state index contributed by atoms with van der Waals surface area (Å²) in [6.07, 6.45) is 4.11. The lowest BCUT2D eigenvalue weighted by atomic mass is 9.93. The molecular weight excluding hydrogens is 220 g/mol. The average molecular weight is 244 g/mol. The fourth-order valence-corrected chi connectivity index (χ4v) is 4.02. The highest BCUT2D eigenvalue weighted by atomic mass is 15.2. The number of nitrogens with two attached hydrogens (primary N) is 1. The first-order valence-electron chi connectivity index (χ1n) is 7.31. The van der Waals surface area contributed by atoms with Gasteiger partial charge in [0.05, 0.1) is 0 Å². The molecule has 0 saturated heterocycles. The van der Waals surface area contributed by atoms with Crippen molar-refractivity contribution in [1.82, 2.24) is 4.90 Å². The average Bonchev–Trinajstić information content (AvgIpc) is 2.93. The third-order valence-corrected chi connectivity index (χ3v) is 5.22. The summed E-state index contributed by atoms with van der Waals surface area (Å²) in [6.45, 7) is 6.94. The van der Waals surface area contributed by atoms with Gasteiger partial charge >= 0.3 is 0 Å². The van der Waals surface area contributed by atoms with Gasteiger partial charge in [-0.05, 0) is 41.9 Å². The molecule has 1 fully saturated rings. The maximum atomic E-state index is 6.09. The van der Waals surface area contributed by atoms with E-state index in [9.17, 15) is 0 Å². The van der Waals surface area contributed by atoms with Crippen LogP contribution in [-0.2, 0) is 13.1 Å². The van der Waals surface area contributed by atoms with E-state index in [2.05, 4.69) is 30.9 Å².